The van der Waals surface area contributed by atoms with Crippen LogP contribution in [0, 0.1) is 0 Å². The van der Waals surface area contributed by atoms with Crippen molar-refractivity contribution in [3.8, 4) is 5.75 Å². The van der Waals surface area contributed by atoms with Crippen molar-refractivity contribution in [3.63, 3.8) is 0 Å². The van der Waals surface area contributed by atoms with Crippen molar-refractivity contribution in [2.45, 2.75) is 19.0 Å². The quantitative estimate of drug-likeness (QED) is 0.314. The van der Waals surface area contributed by atoms with E-state index in [2.05, 4.69) is 51.4 Å². The second-order valence-electron chi connectivity index (χ2n) is 8.30. The zero-order valence-electron chi connectivity index (χ0n) is 19.3. The fourth-order valence-electron chi connectivity index (χ4n) is 4.32. The van der Waals surface area contributed by atoms with Gasteiger partial charge in [0.1, 0.15) is 11.3 Å². The molecule has 0 spiro atoms. The number of aromatic nitrogens is 3. The molecule has 170 valence electrons. The first kappa shape index (κ1) is 21.8. The zero-order valence-corrected chi connectivity index (χ0v) is 19.3. The number of benzene rings is 3. The van der Waals surface area contributed by atoms with E-state index in [-0.39, 0.29) is 5.92 Å². The van der Waals surface area contributed by atoms with E-state index in [9.17, 15) is 0 Å². The zero-order chi connectivity index (χ0) is 23.3. The maximum absolute atomic E-state index is 5.69. The fraction of sp³-hybridized carbons (Fsp3) is 0.179. The molecule has 5 rings (SSSR count). The van der Waals surface area contributed by atoms with Crippen molar-refractivity contribution in [2.75, 3.05) is 14.2 Å². The van der Waals surface area contributed by atoms with E-state index in [0.717, 1.165) is 33.3 Å². The first-order valence-corrected chi connectivity index (χ1v) is 11.2. The number of fused-ring (bicyclic) bond motifs is 1. The Morgan fingerprint density at radius 1 is 0.853 bits per heavy atom. The number of rotatable bonds is 8. The molecule has 0 aliphatic rings. The van der Waals surface area contributed by atoms with Crippen LogP contribution in [0.1, 0.15) is 34.3 Å². The molecule has 6 heteroatoms. The Hall–Kier alpha value is -4.03. The van der Waals surface area contributed by atoms with Crippen LogP contribution in [0.5, 0.6) is 5.75 Å². The molecule has 5 aromatic rings. The standard InChI is InChI=1S/C28H26N4O2/c1-32(18-22-15-16-24(33-2)27-23(22)14-9-17-29-27)19-25-30-28(31-34-25)26(20-10-5-3-6-11-20)21-12-7-4-8-13-21/h3-17,26H,18-19H2,1-2H3. The van der Waals surface area contributed by atoms with Crippen LogP contribution in [-0.2, 0) is 13.1 Å². The first-order valence-electron chi connectivity index (χ1n) is 11.2. The van der Waals surface area contributed by atoms with Crippen molar-refractivity contribution >= 4 is 10.9 Å². The summed E-state index contributed by atoms with van der Waals surface area (Å²) < 4.78 is 11.2. The van der Waals surface area contributed by atoms with Crippen molar-refractivity contribution in [3.05, 3.63) is 120 Å². The SMILES string of the molecule is COc1ccc(CN(C)Cc2nc(C(c3ccccc3)c3ccccc3)no2)c2cccnc12. The van der Waals surface area contributed by atoms with E-state index in [1.165, 1.54) is 0 Å². The van der Waals surface area contributed by atoms with Gasteiger partial charge >= 0.3 is 0 Å². The molecule has 0 saturated carbocycles. The van der Waals surface area contributed by atoms with Crippen LogP contribution in [0.25, 0.3) is 10.9 Å². The number of hydrogen-bond acceptors (Lipinski definition) is 6. The van der Waals surface area contributed by atoms with E-state index in [1.54, 1.807) is 13.3 Å². The lowest BCUT2D eigenvalue weighted by molar-refractivity contribution is 0.261. The lowest BCUT2D eigenvalue weighted by atomic mass is 9.91. The molecular weight excluding hydrogens is 424 g/mol. The van der Waals surface area contributed by atoms with Gasteiger partial charge in [0.15, 0.2) is 5.82 Å². The molecule has 0 radical (unpaired) electrons. The Morgan fingerprint density at radius 2 is 1.56 bits per heavy atom. The molecule has 0 saturated heterocycles. The highest BCUT2D eigenvalue weighted by atomic mass is 16.5. The minimum absolute atomic E-state index is 0.0817. The van der Waals surface area contributed by atoms with Gasteiger partial charge in [-0.05, 0) is 35.9 Å². The predicted octanol–water partition coefficient (Wildman–Crippen LogP) is 5.44. The summed E-state index contributed by atoms with van der Waals surface area (Å²) in [6, 6.07) is 28.6. The van der Waals surface area contributed by atoms with Gasteiger partial charge in [0, 0.05) is 18.1 Å². The Bertz CT molecular complexity index is 1330. The minimum atomic E-state index is -0.0817. The number of ether oxygens (including phenoxy) is 1. The second-order valence-corrected chi connectivity index (χ2v) is 8.30. The van der Waals surface area contributed by atoms with E-state index >= 15 is 0 Å². The lowest BCUT2D eigenvalue weighted by Gasteiger charge is -2.16. The molecule has 0 aliphatic heterocycles. The van der Waals surface area contributed by atoms with Gasteiger partial charge in [0.05, 0.1) is 19.6 Å². The summed E-state index contributed by atoms with van der Waals surface area (Å²) in [5.74, 6) is 1.95. The van der Waals surface area contributed by atoms with E-state index in [1.807, 2.05) is 55.6 Å². The van der Waals surface area contributed by atoms with Crippen LogP contribution in [-0.4, -0.2) is 34.2 Å². The van der Waals surface area contributed by atoms with Gasteiger partial charge in [-0.2, -0.15) is 4.98 Å². The van der Waals surface area contributed by atoms with Gasteiger partial charge < -0.3 is 9.26 Å². The number of methoxy groups -OCH3 is 1. The Balaban J connectivity index is 1.37. The topological polar surface area (TPSA) is 64.3 Å². The molecule has 0 unspecified atom stereocenters. The van der Waals surface area contributed by atoms with Crippen molar-refractivity contribution in [1.82, 2.24) is 20.0 Å². The molecule has 6 nitrogen and oxygen atoms in total. The molecule has 0 aliphatic carbocycles. The fourth-order valence-corrected chi connectivity index (χ4v) is 4.32. The highest BCUT2D eigenvalue weighted by Crippen LogP contribution is 2.30. The summed E-state index contributed by atoms with van der Waals surface area (Å²) in [6.07, 6.45) is 1.79. The third kappa shape index (κ3) is 4.54. The minimum Gasteiger partial charge on any atom is -0.494 e. The third-order valence-electron chi connectivity index (χ3n) is 5.90. The maximum atomic E-state index is 5.69. The first-order chi connectivity index (χ1) is 16.7. The Morgan fingerprint density at radius 3 is 2.24 bits per heavy atom. The van der Waals surface area contributed by atoms with E-state index in [4.69, 9.17) is 14.2 Å². The molecule has 2 heterocycles. The van der Waals surface area contributed by atoms with Crippen LogP contribution in [0.2, 0.25) is 0 Å². The van der Waals surface area contributed by atoms with Crippen molar-refractivity contribution in [2.24, 2.45) is 0 Å². The Kier molecular flexibility index (Phi) is 6.31. The van der Waals surface area contributed by atoms with Crippen molar-refractivity contribution in [1.29, 1.82) is 0 Å². The van der Waals surface area contributed by atoms with E-state index < -0.39 is 0 Å². The summed E-state index contributed by atoms with van der Waals surface area (Å²) >= 11 is 0. The highest BCUT2D eigenvalue weighted by Gasteiger charge is 2.23. The van der Waals surface area contributed by atoms with Gasteiger partial charge in [0.25, 0.3) is 0 Å². The molecule has 0 bridgehead atoms. The molecule has 3 aromatic carbocycles. The van der Waals surface area contributed by atoms with Crippen molar-refractivity contribution < 1.29 is 9.26 Å². The molecule has 0 N–H and O–H groups in total. The molecule has 0 amide bonds. The van der Waals surface area contributed by atoms with Crippen LogP contribution < -0.4 is 4.74 Å². The number of nitrogens with zero attached hydrogens (tertiary/aromatic N) is 4. The van der Waals surface area contributed by atoms with Crippen LogP contribution in [0.15, 0.2) is 95.6 Å². The van der Waals surface area contributed by atoms with Gasteiger partial charge in [-0.1, -0.05) is 78.0 Å². The molecule has 2 aromatic heterocycles. The molecular formula is C28H26N4O2. The van der Waals surface area contributed by atoms with Gasteiger partial charge in [0.2, 0.25) is 5.89 Å². The highest BCUT2D eigenvalue weighted by molar-refractivity contribution is 5.87. The average Bonchev–Trinajstić information content (AvgIpc) is 3.33. The van der Waals surface area contributed by atoms with Gasteiger partial charge in [-0.15, -0.1) is 0 Å². The predicted molar refractivity (Wildman–Crippen MR) is 132 cm³/mol. The molecule has 34 heavy (non-hydrogen) atoms. The normalized spacial score (nSPS) is 11.4. The van der Waals surface area contributed by atoms with Gasteiger partial charge in [-0.25, -0.2) is 0 Å². The number of pyridine rings is 1. The summed E-state index contributed by atoms with van der Waals surface area (Å²) in [7, 11) is 3.71. The van der Waals surface area contributed by atoms with Crippen LogP contribution >= 0.6 is 0 Å². The second kappa shape index (κ2) is 9.85. The lowest BCUT2D eigenvalue weighted by Crippen LogP contribution is -2.18. The van der Waals surface area contributed by atoms with Crippen LogP contribution in [0.4, 0.5) is 0 Å². The summed E-state index contributed by atoms with van der Waals surface area (Å²) in [5, 5.41) is 5.44. The molecule has 0 fully saturated rings. The summed E-state index contributed by atoms with van der Waals surface area (Å²) in [4.78, 5) is 11.4. The number of hydrogen-bond donors (Lipinski definition) is 0. The van der Waals surface area contributed by atoms with Gasteiger partial charge in [-0.3, -0.25) is 9.88 Å². The maximum Gasteiger partial charge on any atom is 0.240 e. The largest absolute Gasteiger partial charge is 0.494 e. The monoisotopic (exact) mass is 450 g/mol. The summed E-state index contributed by atoms with van der Waals surface area (Å²) in [5.41, 5.74) is 4.29. The van der Waals surface area contributed by atoms with E-state index in [0.29, 0.717) is 24.8 Å². The third-order valence-corrected chi connectivity index (χ3v) is 5.90. The van der Waals surface area contributed by atoms with Crippen LogP contribution in [0.3, 0.4) is 0 Å². The smallest absolute Gasteiger partial charge is 0.240 e. The summed E-state index contributed by atoms with van der Waals surface area (Å²) in [6.45, 7) is 1.25. The Labute approximate surface area is 198 Å². The molecule has 0 atom stereocenters. The average molecular weight is 451 g/mol.